The maximum absolute atomic E-state index is 11.1. The zero-order chi connectivity index (χ0) is 16.2. The summed E-state index contributed by atoms with van der Waals surface area (Å²) in [5.74, 6) is 0. The van der Waals surface area contributed by atoms with Crippen LogP contribution in [0.4, 0.5) is 0 Å². The molecule has 1 N–H and O–H groups in total. The van der Waals surface area contributed by atoms with Crippen LogP contribution < -0.4 is 0 Å². The molecule has 0 saturated carbocycles. The van der Waals surface area contributed by atoms with Crippen molar-refractivity contribution in [1.29, 1.82) is 0 Å². The molecule has 0 aromatic heterocycles. The standard InChI is InChI=1S/C22H18O2/c23-20-15-21(16-9-3-1-4-10-16)18-13-7-8-14-19(18)22(20,24-21)17-11-5-2-6-12-17/h1-14,20,23H,15H2/t20-,21+,22-/m0/s1. The van der Waals surface area contributed by atoms with E-state index < -0.39 is 17.3 Å². The van der Waals surface area contributed by atoms with Gasteiger partial charge in [0.05, 0.1) is 6.10 Å². The van der Waals surface area contributed by atoms with Gasteiger partial charge in [0, 0.05) is 6.42 Å². The number of aliphatic hydroxyl groups is 1. The Balaban J connectivity index is 1.81. The largest absolute Gasteiger partial charge is 0.389 e. The molecule has 2 aliphatic rings. The van der Waals surface area contributed by atoms with E-state index in [1.807, 2.05) is 54.6 Å². The molecule has 24 heavy (non-hydrogen) atoms. The Labute approximate surface area is 141 Å². The summed E-state index contributed by atoms with van der Waals surface area (Å²) in [6.07, 6.45) is -0.00173. The molecule has 2 heterocycles. The van der Waals surface area contributed by atoms with Crippen LogP contribution >= 0.6 is 0 Å². The molecular weight excluding hydrogens is 296 g/mol. The highest BCUT2D eigenvalue weighted by molar-refractivity contribution is 5.56. The lowest BCUT2D eigenvalue weighted by Gasteiger charge is -2.32. The van der Waals surface area contributed by atoms with Crippen molar-refractivity contribution in [1.82, 2.24) is 0 Å². The maximum Gasteiger partial charge on any atom is 0.146 e. The molecule has 0 aliphatic carbocycles. The van der Waals surface area contributed by atoms with Crippen LogP contribution in [0, 0.1) is 0 Å². The molecule has 3 atom stereocenters. The minimum Gasteiger partial charge on any atom is -0.389 e. The quantitative estimate of drug-likeness (QED) is 0.775. The van der Waals surface area contributed by atoms with E-state index in [2.05, 4.69) is 30.3 Å². The van der Waals surface area contributed by atoms with Gasteiger partial charge in [0.15, 0.2) is 0 Å². The zero-order valence-corrected chi connectivity index (χ0v) is 13.2. The van der Waals surface area contributed by atoms with Gasteiger partial charge in [-0.2, -0.15) is 0 Å². The molecule has 2 nitrogen and oxygen atoms in total. The third-order valence-corrected chi connectivity index (χ3v) is 5.49. The first-order valence-electron chi connectivity index (χ1n) is 8.37. The second-order valence-corrected chi connectivity index (χ2v) is 6.66. The molecule has 2 bridgehead atoms. The summed E-state index contributed by atoms with van der Waals surface area (Å²) in [4.78, 5) is 0. The summed E-state index contributed by atoms with van der Waals surface area (Å²) >= 11 is 0. The average Bonchev–Trinajstić information content (AvgIpc) is 3.14. The van der Waals surface area contributed by atoms with E-state index in [0.717, 1.165) is 16.7 Å². The number of ether oxygens (including phenoxy) is 1. The van der Waals surface area contributed by atoms with Crippen molar-refractivity contribution in [3.63, 3.8) is 0 Å². The Morgan fingerprint density at radius 1 is 0.708 bits per heavy atom. The van der Waals surface area contributed by atoms with E-state index in [9.17, 15) is 5.11 Å². The number of hydrogen-bond acceptors (Lipinski definition) is 2. The number of hydrogen-bond donors (Lipinski definition) is 1. The normalized spacial score (nSPS) is 30.3. The highest BCUT2D eigenvalue weighted by Crippen LogP contribution is 2.63. The Hall–Kier alpha value is -2.42. The number of benzene rings is 3. The molecule has 0 unspecified atom stereocenters. The molecule has 3 aromatic rings. The van der Waals surface area contributed by atoms with Crippen molar-refractivity contribution in [2.75, 3.05) is 0 Å². The first-order valence-corrected chi connectivity index (χ1v) is 8.37. The van der Waals surface area contributed by atoms with Crippen LogP contribution in [0.2, 0.25) is 0 Å². The molecule has 2 aliphatic heterocycles. The summed E-state index contributed by atoms with van der Waals surface area (Å²) in [5, 5.41) is 11.1. The highest BCUT2D eigenvalue weighted by Gasteiger charge is 2.65. The van der Waals surface area contributed by atoms with Gasteiger partial charge in [-0.25, -0.2) is 0 Å². The fourth-order valence-electron chi connectivity index (χ4n) is 4.49. The van der Waals surface area contributed by atoms with E-state index in [1.54, 1.807) is 0 Å². The molecule has 118 valence electrons. The zero-order valence-electron chi connectivity index (χ0n) is 13.2. The predicted octanol–water partition coefficient (Wildman–Crippen LogP) is 3.97. The van der Waals surface area contributed by atoms with Crippen molar-refractivity contribution in [2.45, 2.75) is 23.7 Å². The molecule has 0 radical (unpaired) electrons. The van der Waals surface area contributed by atoms with Crippen molar-refractivity contribution >= 4 is 0 Å². The second kappa shape index (κ2) is 4.79. The average molecular weight is 314 g/mol. The molecule has 5 rings (SSSR count). The lowest BCUT2D eigenvalue weighted by Crippen LogP contribution is -2.37. The van der Waals surface area contributed by atoms with Crippen molar-refractivity contribution in [2.24, 2.45) is 0 Å². The summed E-state index contributed by atoms with van der Waals surface area (Å²) in [6, 6.07) is 28.7. The topological polar surface area (TPSA) is 29.5 Å². The molecule has 3 aromatic carbocycles. The highest BCUT2D eigenvalue weighted by atomic mass is 16.6. The fourth-order valence-corrected chi connectivity index (χ4v) is 4.49. The summed E-state index contributed by atoms with van der Waals surface area (Å²) in [7, 11) is 0. The van der Waals surface area contributed by atoms with Gasteiger partial charge in [-0.1, -0.05) is 84.9 Å². The second-order valence-electron chi connectivity index (χ2n) is 6.66. The van der Waals surface area contributed by atoms with Gasteiger partial charge in [-0.05, 0) is 22.3 Å². The van der Waals surface area contributed by atoms with Gasteiger partial charge >= 0.3 is 0 Å². The van der Waals surface area contributed by atoms with Gasteiger partial charge < -0.3 is 9.84 Å². The Bertz CT molecular complexity index is 890. The van der Waals surface area contributed by atoms with Crippen molar-refractivity contribution in [3.05, 3.63) is 107 Å². The van der Waals surface area contributed by atoms with E-state index in [0.29, 0.717) is 6.42 Å². The van der Waals surface area contributed by atoms with Gasteiger partial charge in [-0.15, -0.1) is 0 Å². The van der Waals surface area contributed by atoms with E-state index >= 15 is 0 Å². The Kier molecular flexibility index (Phi) is 2.79. The SMILES string of the molecule is O[C@H]1C[C@]2(c3ccccc3)O[C@@]1(c1ccccc1)c1ccccc12. The third kappa shape index (κ3) is 1.57. The lowest BCUT2D eigenvalue weighted by molar-refractivity contribution is -0.0682. The molecule has 1 saturated heterocycles. The van der Waals surface area contributed by atoms with Crippen LogP contribution in [0.15, 0.2) is 84.9 Å². The lowest BCUT2D eigenvalue weighted by atomic mass is 9.70. The first kappa shape index (κ1) is 14.0. The van der Waals surface area contributed by atoms with Crippen LogP contribution in [-0.4, -0.2) is 11.2 Å². The minimum atomic E-state index is -0.784. The molecule has 0 amide bonds. The predicted molar refractivity (Wildman–Crippen MR) is 92.6 cm³/mol. The molecule has 0 spiro atoms. The fraction of sp³-hybridized carbons (Fsp3) is 0.182. The third-order valence-electron chi connectivity index (χ3n) is 5.49. The van der Waals surface area contributed by atoms with Gasteiger partial charge in [0.2, 0.25) is 0 Å². The van der Waals surface area contributed by atoms with Crippen molar-refractivity contribution < 1.29 is 9.84 Å². The van der Waals surface area contributed by atoms with Crippen LogP contribution in [0.5, 0.6) is 0 Å². The number of fused-ring (bicyclic) bond motifs is 5. The Morgan fingerprint density at radius 3 is 1.92 bits per heavy atom. The summed E-state index contributed by atoms with van der Waals surface area (Å²) in [6.45, 7) is 0. The number of rotatable bonds is 2. The van der Waals surface area contributed by atoms with Crippen LogP contribution in [-0.2, 0) is 15.9 Å². The molecule has 1 fully saturated rings. The minimum absolute atomic E-state index is 0.572. The van der Waals surface area contributed by atoms with Crippen molar-refractivity contribution in [3.8, 4) is 0 Å². The summed E-state index contributed by atoms with van der Waals surface area (Å²) < 4.78 is 6.75. The van der Waals surface area contributed by atoms with Crippen LogP contribution in [0.25, 0.3) is 0 Å². The smallest absolute Gasteiger partial charge is 0.146 e. The Morgan fingerprint density at radius 2 is 1.25 bits per heavy atom. The van der Waals surface area contributed by atoms with Gasteiger partial charge in [-0.3, -0.25) is 0 Å². The van der Waals surface area contributed by atoms with E-state index in [4.69, 9.17) is 4.74 Å². The molecular formula is C22H18O2. The molecule has 2 heteroatoms. The maximum atomic E-state index is 11.1. The monoisotopic (exact) mass is 314 g/mol. The van der Waals surface area contributed by atoms with Crippen LogP contribution in [0.3, 0.4) is 0 Å². The number of aliphatic hydroxyl groups excluding tert-OH is 1. The first-order chi connectivity index (χ1) is 11.8. The van der Waals surface area contributed by atoms with E-state index in [-0.39, 0.29) is 0 Å². The van der Waals surface area contributed by atoms with E-state index in [1.165, 1.54) is 5.56 Å². The van der Waals surface area contributed by atoms with Crippen LogP contribution in [0.1, 0.15) is 28.7 Å². The van der Waals surface area contributed by atoms with Gasteiger partial charge in [0.1, 0.15) is 11.2 Å². The summed E-state index contributed by atoms with van der Waals surface area (Å²) in [5.41, 5.74) is 3.01. The van der Waals surface area contributed by atoms with Gasteiger partial charge in [0.25, 0.3) is 0 Å².